The first-order valence-corrected chi connectivity index (χ1v) is 9.12. The summed E-state index contributed by atoms with van der Waals surface area (Å²) in [6.45, 7) is 2.51. The summed E-state index contributed by atoms with van der Waals surface area (Å²) in [6, 6.07) is 7.21. The van der Waals surface area contributed by atoms with Crippen LogP contribution in [-0.2, 0) is 23.1 Å². The molecule has 0 radical (unpaired) electrons. The lowest BCUT2D eigenvalue weighted by molar-refractivity contribution is -0.136. The van der Waals surface area contributed by atoms with Gasteiger partial charge >= 0.3 is 11.7 Å². The molecule has 8 heteroatoms. The van der Waals surface area contributed by atoms with Gasteiger partial charge in [0.1, 0.15) is 18.2 Å². The fourth-order valence-electron chi connectivity index (χ4n) is 3.85. The van der Waals surface area contributed by atoms with Gasteiger partial charge in [-0.3, -0.25) is 13.9 Å². The molecule has 0 bridgehead atoms. The lowest BCUT2D eigenvalue weighted by atomic mass is 9.82. The Morgan fingerprint density at radius 3 is 2.57 bits per heavy atom. The van der Waals surface area contributed by atoms with Crippen molar-refractivity contribution >= 4 is 11.8 Å². The summed E-state index contributed by atoms with van der Waals surface area (Å²) in [5.41, 5.74) is 1.33. The van der Waals surface area contributed by atoms with Gasteiger partial charge in [-0.1, -0.05) is 19.1 Å². The van der Waals surface area contributed by atoms with Crippen molar-refractivity contribution in [2.45, 2.75) is 25.8 Å². The van der Waals surface area contributed by atoms with Crippen molar-refractivity contribution < 1.29 is 14.3 Å². The third kappa shape index (κ3) is 2.56. The number of hydrogen-bond acceptors (Lipinski definition) is 6. The van der Waals surface area contributed by atoms with Gasteiger partial charge in [-0.05, 0) is 24.1 Å². The van der Waals surface area contributed by atoms with Crippen LogP contribution in [0.3, 0.4) is 0 Å². The van der Waals surface area contributed by atoms with Gasteiger partial charge in [0.2, 0.25) is 0 Å². The van der Waals surface area contributed by atoms with E-state index in [4.69, 9.17) is 9.47 Å². The van der Waals surface area contributed by atoms with Crippen LogP contribution in [0.5, 0.6) is 5.75 Å². The second-order valence-electron chi connectivity index (χ2n) is 6.86. The van der Waals surface area contributed by atoms with Crippen LogP contribution >= 0.6 is 0 Å². The molecule has 0 fully saturated rings. The lowest BCUT2D eigenvalue weighted by Crippen LogP contribution is -2.44. The van der Waals surface area contributed by atoms with Gasteiger partial charge in [0.05, 0.1) is 29.9 Å². The molecule has 8 nitrogen and oxygen atoms in total. The zero-order chi connectivity index (χ0) is 20.0. The van der Waals surface area contributed by atoms with E-state index in [1.165, 1.54) is 7.05 Å². The van der Waals surface area contributed by atoms with Crippen LogP contribution in [0.2, 0.25) is 0 Å². The van der Waals surface area contributed by atoms with Crippen LogP contribution in [0.1, 0.15) is 30.4 Å². The molecular formula is C20H21N3O5. The zero-order valence-electron chi connectivity index (χ0n) is 15.9. The molecule has 2 aromatic rings. The minimum absolute atomic E-state index is 0.0930. The number of benzene rings is 1. The van der Waals surface area contributed by atoms with Crippen molar-refractivity contribution in [1.29, 1.82) is 0 Å². The molecule has 0 amide bonds. The van der Waals surface area contributed by atoms with Crippen LogP contribution in [0.25, 0.3) is 0 Å². The van der Waals surface area contributed by atoms with E-state index in [2.05, 4.69) is 5.32 Å². The van der Waals surface area contributed by atoms with E-state index in [-0.39, 0.29) is 12.3 Å². The second kappa shape index (κ2) is 6.70. The predicted molar refractivity (Wildman–Crippen MR) is 103 cm³/mol. The first-order valence-electron chi connectivity index (χ1n) is 9.12. The number of cyclic esters (lactones) is 1. The molecule has 0 saturated heterocycles. The highest BCUT2D eigenvalue weighted by Gasteiger charge is 2.41. The van der Waals surface area contributed by atoms with Crippen molar-refractivity contribution in [2.24, 2.45) is 7.05 Å². The largest absolute Gasteiger partial charge is 0.497 e. The van der Waals surface area contributed by atoms with Crippen molar-refractivity contribution in [3.63, 3.8) is 0 Å². The number of methoxy groups -OCH3 is 1. The Morgan fingerprint density at radius 2 is 1.93 bits per heavy atom. The van der Waals surface area contributed by atoms with Gasteiger partial charge in [-0.2, -0.15) is 0 Å². The van der Waals surface area contributed by atoms with Crippen molar-refractivity contribution in [1.82, 2.24) is 9.13 Å². The summed E-state index contributed by atoms with van der Waals surface area (Å²) in [6.07, 6.45) is 0.723. The molecule has 4 rings (SSSR count). The molecule has 0 aliphatic carbocycles. The van der Waals surface area contributed by atoms with Gasteiger partial charge < -0.3 is 14.8 Å². The number of esters is 1. The number of fused-ring (bicyclic) bond motifs is 1. The molecule has 1 aromatic heterocycles. The summed E-state index contributed by atoms with van der Waals surface area (Å²) in [7, 11) is 3.03. The maximum absolute atomic E-state index is 13.1. The fourth-order valence-corrected chi connectivity index (χ4v) is 3.85. The van der Waals surface area contributed by atoms with Gasteiger partial charge in [-0.25, -0.2) is 9.59 Å². The summed E-state index contributed by atoms with van der Waals surface area (Å²) in [5, 5.41) is 3.13. The number of ether oxygens (including phenoxy) is 2. The van der Waals surface area contributed by atoms with E-state index in [0.717, 1.165) is 16.6 Å². The predicted octanol–water partition coefficient (Wildman–Crippen LogP) is 1.33. The van der Waals surface area contributed by atoms with Crippen molar-refractivity contribution in [2.75, 3.05) is 19.0 Å². The number of nitrogens with zero attached hydrogens (tertiary/aromatic N) is 2. The van der Waals surface area contributed by atoms with E-state index in [1.54, 1.807) is 23.8 Å². The molecule has 0 saturated carbocycles. The number of carbonyl (C=O) groups is 1. The van der Waals surface area contributed by atoms with Crippen molar-refractivity contribution in [3.05, 3.63) is 67.5 Å². The molecular weight excluding hydrogens is 362 g/mol. The zero-order valence-corrected chi connectivity index (χ0v) is 15.9. The van der Waals surface area contributed by atoms with Gasteiger partial charge in [-0.15, -0.1) is 0 Å². The van der Waals surface area contributed by atoms with E-state index in [0.29, 0.717) is 34.9 Å². The third-order valence-corrected chi connectivity index (χ3v) is 5.21. The highest BCUT2D eigenvalue weighted by molar-refractivity contribution is 5.96. The number of rotatable bonds is 4. The summed E-state index contributed by atoms with van der Waals surface area (Å²) < 4.78 is 13.1. The average Bonchev–Trinajstić information content (AvgIpc) is 3.09. The lowest BCUT2D eigenvalue weighted by Gasteiger charge is -2.29. The molecule has 1 aromatic carbocycles. The standard InChI is InChI=1S/C20H21N3O5/c1-4-9-23-17-16(18(24)22(2)20(23)26)14(11-5-7-12(27-3)8-6-11)15-13(21-17)10-28-19(15)25/h5-8,14,21H,4,9-10H2,1-3H3/t14-/m0/s1. The molecule has 2 aliphatic rings. The van der Waals surface area contributed by atoms with Crippen LogP contribution < -0.4 is 21.3 Å². The Bertz CT molecular complexity index is 1110. The minimum atomic E-state index is -0.616. The van der Waals surface area contributed by atoms with Gasteiger partial charge in [0.15, 0.2) is 0 Å². The molecule has 3 heterocycles. The van der Waals surface area contributed by atoms with Crippen LogP contribution in [0, 0.1) is 0 Å². The third-order valence-electron chi connectivity index (χ3n) is 5.21. The molecule has 2 aliphatic heterocycles. The first kappa shape index (κ1) is 18.1. The maximum atomic E-state index is 13.1. The van der Waals surface area contributed by atoms with E-state index in [9.17, 15) is 14.4 Å². The van der Waals surface area contributed by atoms with Crippen LogP contribution in [-0.4, -0.2) is 28.8 Å². The number of hydrogen-bond donors (Lipinski definition) is 1. The summed E-state index contributed by atoms with van der Waals surface area (Å²) in [5.74, 6) is 0.0385. The molecule has 1 N–H and O–H groups in total. The smallest absolute Gasteiger partial charge is 0.337 e. The molecule has 1 atom stereocenters. The Balaban J connectivity index is 2.03. The van der Waals surface area contributed by atoms with Gasteiger partial charge in [0.25, 0.3) is 5.56 Å². The number of carbonyl (C=O) groups excluding carboxylic acids is 1. The Labute approximate surface area is 161 Å². The highest BCUT2D eigenvalue weighted by atomic mass is 16.5. The van der Waals surface area contributed by atoms with Crippen LogP contribution in [0.4, 0.5) is 5.82 Å². The topological polar surface area (TPSA) is 91.6 Å². The van der Waals surface area contributed by atoms with Crippen LogP contribution in [0.15, 0.2) is 45.1 Å². The molecule has 0 unspecified atom stereocenters. The normalized spacial score (nSPS) is 17.7. The molecule has 28 heavy (non-hydrogen) atoms. The number of nitrogens with one attached hydrogen (secondary N) is 1. The first-order chi connectivity index (χ1) is 13.5. The van der Waals surface area contributed by atoms with E-state index < -0.39 is 17.4 Å². The Kier molecular flexibility index (Phi) is 4.33. The molecule has 146 valence electrons. The number of aromatic nitrogens is 2. The van der Waals surface area contributed by atoms with E-state index in [1.807, 2.05) is 19.1 Å². The minimum Gasteiger partial charge on any atom is -0.497 e. The van der Waals surface area contributed by atoms with Gasteiger partial charge in [0, 0.05) is 13.6 Å². The number of anilines is 1. The Morgan fingerprint density at radius 1 is 1.21 bits per heavy atom. The molecule has 0 spiro atoms. The second-order valence-corrected chi connectivity index (χ2v) is 6.86. The fraction of sp³-hybridized carbons (Fsp3) is 0.350. The summed E-state index contributed by atoms with van der Waals surface area (Å²) >= 11 is 0. The average molecular weight is 383 g/mol. The van der Waals surface area contributed by atoms with E-state index >= 15 is 0 Å². The Hall–Kier alpha value is -3.29. The monoisotopic (exact) mass is 383 g/mol. The quantitative estimate of drug-likeness (QED) is 0.801. The highest BCUT2D eigenvalue weighted by Crippen LogP contribution is 2.42. The van der Waals surface area contributed by atoms with Crippen molar-refractivity contribution in [3.8, 4) is 5.75 Å². The maximum Gasteiger partial charge on any atom is 0.337 e. The SMILES string of the molecule is CCCn1c2c(c(=O)n(C)c1=O)[C@@H](c1ccc(OC)cc1)C1=C(COC1=O)N2. The summed E-state index contributed by atoms with van der Waals surface area (Å²) in [4.78, 5) is 38.3.